The highest BCUT2D eigenvalue weighted by Gasteiger charge is 2.11. The van der Waals surface area contributed by atoms with Gasteiger partial charge in [-0.1, -0.05) is 22.0 Å². The Kier molecular flexibility index (Phi) is 4.29. The van der Waals surface area contributed by atoms with Crippen molar-refractivity contribution in [3.05, 3.63) is 52.0 Å². The van der Waals surface area contributed by atoms with Gasteiger partial charge in [-0.3, -0.25) is 4.79 Å². The molecule has 4 nitrogen and oxygen atoms in total. The molecule has 104 valence electrons. The van der Waals surface area contributed by atoms with Gasteiger partial charge in [0.15, 0.2) is 11.5 Å². The van der Waals surface area contributed by atoms with E-state index in [1.54, 1.807) is 12.1 Å². The van der Waals surface area contributed by atoms with E-state index in [9.17, 15) is 9.90 Å². The van der Waals surface area contributed by atoms with E-state index in [2.05, 4.69) is 21.2 Å². The van der Waals surface area contributed by atoms with Crippen LogP contribution in [0.3, 0.4) is 0 Å². The van der Waals surface area contributed by atoms with Crippen molar-refractivity contribution in [2.75, 3.05) is 12.4 Å². The van der Waals surface area contributed by atoms with Gasteiger partial charge in [-0.2, -0.15) is 0 Å². The molecule has 2 aromatic carbocycles. The zero-order chi connectivity index (χ0) is 14.7. The second kappa shape index (κ2) is 5.96. The highest BCUT2D eigenvalue weighted by atomic mass is 79.9. The van der Waals surface area contributed by atoms with Crippen molar-refractivity contribution in [1.82, 2.24) is 0 Å². The fourth-order valence-electron chi connectivity index (χ4n) is 1.77. The van der Waals surface area contributed by atoms with Crippen molar-refractivity contribution in [1.29, 1.82) is 0 Å². The summed E-state index contributed by atoms with van der Waals surface area (Å²) in [5, 5.41) is 12.5. The Balaban J connectivity index is 2.24. The van der Waals surface area contributed by atoms with Gasteiger partial charge in [-0.05, 0) is 42.8 Å². The van der Waals surface area contributed by atoms with Crippen LogP contribution in [0, 0.1) is 6.92 Å². The predicted octanol–water partition coefficient (Wildman–Crippen LogP) is 3.72. The van der Waals surface area contributed by atoms with Crippen LogP contribution in [-0.2, 0) is 0 Å². The SMILES string of the molecule is COc1ccc(C(=O)Nc2cccc(Br)c2C)cc1O. The average molecular weight is 336 g/mol. The van der Waals surface area contributed by atoms with Crippen LogP contribution < -0.4 is 10.1 Å². The maximum atomic E-state index is 12.2. The molecule has 0 aliphatic carbocycles. The van der Waals surface area contributed by atoms with Crippen molar-refractivity contribution in [3.63, 3.8) is 0 Å². The van der Waals surface area contributed by atoms with Crippen molar-refractivity contribution < 1.29 is 14.6 Å². The van der Waals surface area contributed by atoms with E-state index in [1.165, 1.54) is 13.2 Å². The van der Waals surface area contributed by atoms with Crippen LogP contribution in [0.2, 0.25) is 0 Å². The largest absolute Gasteiger partial charge is 0.504 e. The third kappa shape index (κ3) is 2.93. The number of halogens is 1. The highest BCUT2D eigenvalue weighted by Crippen LogP contribution is 2.27. The normalized spacial score (nSPS) is 10.2. The second-order valence-electron chi connectivity index (χ2n) is 4.25. The topological polar surface area (TPSA) is 58.6 Å². The molecule has 0 saturated heterocycles. The summed E-state index contributed by atoms with van der Waals surface area (Å²) in [4.78, 5) is 12.2. The van der Waals surface area contributed by atoms with Crippen LogP contribution in [0.25, 0.3) is 0 Å². The summed E-state index contributed by atoms with van der Waals surface area (Å²) in [6.07, 6.45) is 0. The van der Waals surface area contributed by atoms with E-state index in [4.69, 9.17) is 4.74 Å². The Morgan fingerprint density at radius 2 is 2.05 bits per heavy atom. The maximum absolute atomic E-state index is 12.2. The fraction of sp³-hybridized carbons (Fsp3) is 0.133. The average Bonchev–Trinajstić information content (AvgIpc) is 2.43. The van der Waals surface area contributed by atoms with Gasteiger partial charge in [0.2, 0.25) is 0 Å². The first-order valence-electron chi connectivity index (χ1n) is 5.96. The monoisotopic (exact) mass is 335 g/mol. The summed E-state index contributed by atoms with van der Waals surface area (Å²) in [6.45, 7) is 1.91. The van der Waals surface area contributed by atoms with Crippen LogP contribution in [0.4, 0.5) is 5.69 Å². The van der Waals surface area contributed by atoms with Gasteiger partial charge in [-0.25, -0.2) is 0 Å². The molecule has 0 radical (unpaired) electrons. The highest BCUT2D eigenvalue weighted by molar-refractivity contribution is 9.10. The molecule has 2 N–H and O–H groups in total. The van der Waals surface area contributed by atoms with Gasteiger partial charge in [0.05, 0.1) is 7.11 Å². The number of hydrogen-bond acceptors (Lipinski definition) is 3. The van der Waals surface area contributed by atoms with E-state index in [-0.39, 0.29) is 11.7 Å². The summed E-state index contributed by atoms with van der Waals surface area (Å²) in [7, 11) is 1.46. The number of anilines is 1. The molecule has 20 heavy (non-hydrogen) atoms. The molecular formula is C15H14BrNO3. The number of phenols is 1. The number of hydrogen-bond donors (Lipinski definition) is 2. The maximum Gasteiger partial charge on any atom is 0.255 e. The van der Waals surface area contributed by atoms with E-state index < -0.39 is 0 Å². The number of amides is 1. The first kappa shape index (κ1) is 14.4. The quantitative estimate of drug-likeness (QED) is 0.898. The van der Waals surface area contributed by atoms with E-state index >= 15 is 0 Å². The summed E-state index contributed by atoms with van der Waals surface area (Å²) < 4.78 is 5.87. The van der Waals surface area contributed by atoms with Crippen molar-refractivity contribution in [3.8, 4) is 11.5 Å². The molecule has 0 fully saturated rings. The third-order valence-electron chi connectivity index (χ3n) is 2.96. The van der Waals surface area contributed by atoms with Crippen LogP contribution in [0.5, 0.6) is 11.5 Å². The first-order valence-corrected chi connectivity index (χ1v) is 6.75. The first-order chi connectivity index (χ1) is 9.52. The Labute approximate surface area is 125 Å². The molecule has 2 rings (SSSR count). The number of phenolic OH excluding ortho intramolecular Hbond substituents is 1. The lowest BCUT2D eigenvalue weighted by Gasteiger charge is -2.10. The summed E-state index contributed by atoms with van der Waals surface area (Å²) in [5.41, 5.74) is 2.03. The van der Waals surface area contributed by atoms with Crippen LogP contribution >= 0.6 is 15.9 Å². The minimum Gasteiger partial charge on any atom is -0.504 e. The number of methoxy groups -OCH3 is 1. The summed E-state index contributed by atoms with van der Waals surface area (Å²) >= 11 is 3.41. The standard InChI is InChI=1S/C15H14BrNO3/c1-9-11(16)4-3-5-12(9)17-15(19)10-6-7-14(20-2)13(18)8-10/h3-8,18H,1-2H3,(H,17,19). The molecule has 0 atom stereocenters. The molecule has 0 aliphatic heterocycles. The third-order valence-corrected chi connectivity index (χ3v) is 3.82. The molecule has 1 amide bonds. The lowest BCUT2D eigenvalue weighted by atomic mass is 10.1. The Morgan fingerprint density at radius 3 is 2.70 bits per heavy atom. The zero-order valence-electron chi connectivity index (χ0n) is 11.1. The van der Waals surface area contributed by atoms with Gasteiger partial charge in [0.25, 0.3) is 5.91 Å². The van der Waals surface area contributed by atoms with Crippen molar-refractivity contribution in [2.24, 2.45) is 0 Å². The minimum absolute atomic E-state index is 0.0638. The molecule has 0 saturated carbocycles. The number of carbonyl (C=O) groups excluding carboxylic acids is 1. The minimum atomic E-state index is -0.288. The van der Waals surface area contributed by atoms with Gasteiger partial charge >= 0.3 is 0 Å². The molecule has 0 spiro atoms. The van der Waals surface area contributed by atoms with Crippen LogP contribution in [0.15, 0.2) is 40.9 Å². The molecule has 5 heteroatoms. The van der Waals surface area contributed by atoms with Gasteiger partial charge in [0, 0.05) is 15.7 Å². The summed E-state index contributed by atoms with van der Waals surface area (Å²) in [6, 6.07) is 10.1. The predicted molar refractivity (Wildman–Crippen MR) is 81.5 cm³/mol. The molecule has 0 unspecified atom stereocenters. The Hall–Kier alpha value is -2.01. The lowest BCUT2D eigenvalue weighted by Crippen LogP contribution is -2.12. The van der Waals surface area contributed by atoms with E-state index in [0.717, 1.165) is 15.7 Å². The molecular weight excluding hydrogens is 322 g/mol. The van der Waals surface area contributed by atoms with Gasteiger partial charge in [-0.15, -0.1) is 0 Å². The number of rotatable bonds is 3. The molecule has 0 bridgehead atoms. The number of ether oxygens (including phenoxy) is 1. The van der Waals surface area contributed by atoms with E-state index in [0.29, 0.717) is 11.3 Å². The smallest absolute Gasteiger partial charge is 0.255 e. The molecule has 0 aliphatic rings. The summed E-state index contributed by atoms with van der Waals surface area (Å²) in [5.74, 6) is -0.0181. The van der Waals surface area contributed by atoms with Crippen molar-refractivity contribution in [2.45, 2.75) is 6.92 Å². The van der Waals surface area contributed by atoms with Crippen LogP contribution in [-0.4, -0.2) is 18.1 Å². The zero-order valence-corrected chi connectivity index (χ0v) is 12.7. The van der Waals surface area contributed by atoms with Gasteiger partial charge < -0.3 is 15.2 Å². The van der Waals surface area contributed by atoms with Crippen molar-refractivity contribution >= 4 is 27.5 Å². The van der Waals surface area contributed by atoms with Gasteiger partial charge in [0.1, 0.15) is 0 Å². The molecule has 2 aromatic rings. The Bertz CT molecular complexity index is 656. The number of nitrogens with one attached hydrogen (secondary N) is 1. The number of carbonyl (C=O) groups is 1. The molecule has 0 heterocycles. The van der Waals surface area contributed by atoms with E-state index in [1.807, 2.05) is 25.1 Å². The second-order valence-corrected chi connectivity index (χ2v) is 5.11. The van der Waals surface area contributed by atoms with Crippen LogP contribution in [0.1, 0.15) is 15.9 Å². The molecule has 0 aromatic heterocycles. The number of aromatic hydroxyl groups is 1. The fourth-order valence-corrected chi connectivity index (χ4v) is 2.13. The number of benzene rings is 2. The Morgan fingerprint density at radius 1 is 1.30 bits per heavy atom. The lowest BCUT2D eigenvalue weighted by molar-refractivity contribution is 0.102.